The summed E-state index contributed by atoms with van der Waals surface area (Å²) in [6.07, 6.45) is 2.72. The van der Waals surface area contributed by atoms with Crippen molar-refractivity contribution in [1.82, 2.24) is 0 Å². The molecule has 6 nitrogen and oxygen atoms in total. The van der Waals surface area contributed by atoms with Crippen LogP contribution in [0.5, 0.6) is 0 Å². The molecule has 0 aliphatic rings. The molecule has 0 heterocycles. The fourth-order valence-corrected chi connectivity index (χ4v) is 1.01. The van der Waals surface area contributed by atoms with E-state index >= 15 is 0 Å². The molecule has 0 saturated carbocycles. The first-order valence-electron chi connectivity index (χ1n) is 8.90. The molecule has 0 saturated heterocycles. The van der Waals surface area contributed by atoms with E-state index in [4.69, 9.17) is 11.1 Å². The summed E-state index contributed by atoms with van der Waals surface area (Å²) in [4.78, 5) is 0. The maximum absolute atomic E-state index is 11.5. The van der Waals surface area contributed by atoms with Crippen molar-refractivity contribution in [2.45, 2.75) is 94.2 Å². The molecule has 0 unspecified atom stereocenters. The zero-order valence-electron chi connectivity index (χ0n) is 19.3. The van der Waals surface area contributed by atoms with E-state index in [0.29, 0.717) is 0 Å². The maximum atomic E-state index is 11.5. The minimum atomic E-state index is -0.398. The molecule has 0 atom stereocenters. The van der Waals surface area contributed by atoms with E-state index in [2.05, 4.69) is 0 Å². The molecule has 156 valence electrons. The zero-order chi connectivity index (χ0) is 21.7. The first kappa shape index (κ1) is 30.5. The zero-order valence-corrected chi connectivity index (χ0v) is 20.5. The molecule has 0 radical (unpaired) electrons. The van der Waals surface area contributed by atoms with Crippen molar-refractivity contribution >= 4 is 0 Å². The third kappa shape index (κ3) is 13.6. The molecular formula is C20H40CrN4O2+2. The third-order valence-electron chi connectivity index (χ3n) is 3.42. The predicted molar refractivity (Wildman–Crippen MR) is 101 cm³/mol. The average Bonchev–Trinajstić information content (AvgIpc) is 2.34. The molecule has 27 heavy (non-hydrogen) atoms. The van der Waals surface area contributed by atoms with Gasteiger partial charge in [-0.3, -0.25) is 0 Å². The van der Waals surface area contributed by atoms with Crippen LogP contribution in [0, 0.1) is 21.9 Å². The van der Waals surface area contributed by atoms with Crippen molar-refractivity contribution in [3.8, 4) is 0 Å². The molecule has 0 spiro atoms. The smallest absolute Gasteiger partial charge is 0.871 e. The Balaban J connectivity index is -0.000000411. The Hall–Kier alpha value is -1.19. The molecule has 0 amide bonds. The van der Waals surface area contributed by atoms with Gasteiger partial charge in [-0.05, 0) is 10.8 Å². The van der Waals surface area contributed by atoms with Gasteiger partial charge in [0.2, 0.25) is 0 Å². The van der Waals surface area contributed by atoms with Crippen molar-refractivity contribution in [3.63, 3.8) is 0 Å². The van der Waals surface area contributed by atoms with Gasteiger partial charge in [0.05, 0.1) is 0 Å². The summed E-state index contributed by atoms with van der Waals surface area (Å²) in [5.41, 5.74) is 13.7. The molecule has 0 bridgehead atoms. The predicted octanol–water partition coefficient (Wildman–Crippen LogP) is 4.15. The molecule has 0 aromatic rings. The fourth-order valence-electron chi connectivity index (χ4n) is 1.01. The van der Waals surface area contributed by atoms with Gasteiger partial charge in [0.15, 0.2) is 23.5 Å². The second kappa shape index (κ2) is 10.4. The van der Waals surface area contributed by atoms with Crippen molar-refractivity contribution in [1.29, 1.82) is 11.1 Å². The second-order valence-corrected chi connectivity index (χ2v) is 10.6. The van der Waals surface area contributed by atoms with Gasteiger partial charge < -0.3 is 10.2 Å². The van der Waals surface area contributed by atoms with Crippen LogP contribution in [0.3, 0.4) is 0 Å². The van der Waals surface area contributed by atoms with Crippen LogP contribution < -0.4 is 10.2 Å². The minimum Gasteiger partial charge on any atom is -0.871 e. The topological polar surface area (TPSA) is 99.8 Å². The van der Waals surface area contributed by atoms with Crippen LogP contribution in [-0.4, -0.2) is 20.5 Å². The Bertz CT molecular complexity index is 515. The molecule has 7 heteroatoms. The van der Waals surface area contributed by atoms with Crippen LogP contribution in [0.2, 0.25) is 0 Å². The quantitative estimate of drug-likeness (QED) is 0.398. The Labute approximate surface area is 177 Å². The third-order valence-corrected chi connectivity index (χ3v) is 3.42. The molecule has 0 fully saturated rings. The first-order valence-corrected chi connectivity index (χ1v) is 8.90. The van der Waals surface area contributed by atoms with Gasteiger partial charge in [-0.2, -0.15) is 0 Å². The van der Waals surface area contributed by atoms with E-state index in [-0.39, 0.29) is 40.0 Å². The molecule has 0 rings (SSSR count). The first-order chi connectivity index (χ1) is 11.1. The summed E-state index contributed by atoms with van der Waals surface area (Å²) in [7, 11) is 0. The van der Waals surface area contributed by atoms with Gasteiger partial charge in [-0.25, -0.2) is 0 Å². The largest absolute Gasteiger partial charge is 2.00 e. The monoisotopic (exact) mass is 420 g/mol. The van der Waals surface area contributed by atoms with Gasteiger partial charge in [-0.15, -0.1) is 0 Å². The summed E-state index contributed by atoms with van der Waals surface area (Å²) in [6, 6.07) is 0. The van der Waals surface area contributed by atoms with Crippen molar-refractivity contribution in [2.24, 2.45) is 10.8 Å². The summed E-state index contributed by atoms with van der Waals surface area (Å²) in [6.45, 7) is 22.5. The molecule has 0 aromatic heterocycles. The minimum absolute atomic E-state index is 0. The van der Waals surface area contributed by atoms with Crippen molar-refractivity contribution in [2.75, 3.05) is 0 Å². The molecule has 2 N–H and O–H groups in total. The van der Waals surface area contributed by atoms with Crippen LogP contribution in [0.25, 0.3) is 0 Å². The summed E-state index contributed by atoms with van der Waals surface area (Å²) in [5.74, 6) is -0.0325. The summed E-state index contributed by atoms with van der Waals surface area (Å²) >= 11 is 0. The van der Waals surface area contributed by atoms with E-state index in [1.54, 1.807) is 0 Å². The maximum Gasteiger partial charge on any atom is 2.00 e. The Morgan fingerprint density at radius 3 is 0.889 bits per heavy atom. The summed E-state index contributed by atoms with van der Waals surface area (Å²) in [5, 5.41) is 23.0. The normalized spacial score (nSPS) is 13.9. The number of hydrogen-bond acceptors (Lipinski definition) is 4. The van der Waals surface area contributed by atoms with E-state index in [9.17, 15) is 10.2 Å². The van der Waals surface area contributed by atoms with Crippen molar-refractivity contribution in [3.05, 3.63) is 23.9 Å². The SMILES string of the molecule is CC(C)(C)C([O-])=C[N+](=N)C(C)(C)C.CC(C)(C)C([O-])=C[N+](=N)C(C)(C)C.[Cr+2]. The van der Waals surface area contributed by atoms with Crippen LogP contribution in [0.15, 0.2) is 23.9 Å². The molecule has 0 aliphatic heterocycles. The van der Waals surface area contributed by atoms with Gasteiger partial charge >= 0.3 is 17.4 Å². The second-order valence-electron chi connectivity index (χ2n) is 10.6. The van der Waals surface area contributed by atoms with Crippen LogP contribution in [0.4, 0.5) is 0 Å². The number of rotatable bonds is 2. The standard InChI is InChI=1S/2C10H20N2O.Cr/c2*1-9(2,3)8(13)7-12(11)10(4,5)6;/h2*7H,1-6H3,(H-,11,13);/q;;+2. The van der Waals surface area contributed by atoms with Crippen LogP contribution in [0.1, 0.15) is 83.1 Å². The van der Waals surface area contributed by atoms with Crippen LogP contribution >= 0.6 is 0 Å². The Morgan fingerprint density at radius 1 is 0.593 bits per heavy atom. The van der Waals surface area contributed by atoms with E-state index in [1.165, 1.54) is 21.8 Å². The van der Waals surface area contributed by atoms with E-state index in [0.717, 1.165) is 0 Å². The number of hydrogen-bond donors (Lipinski definition) is 2. The Kier molecular flexibility index (Phi) is 11.7. The van der Waals surface area contributed by atoms with Gasteiger partial charge in [0, 0.05) is 41.5 Å². The molecule has 0 aliphatic carbocycles. The Morgan fingerprint density at radius 2 is 0.778 bits per heavy atom. The van der Waals surface area contributed by atoms with E-state index < -0.39 is 10.8 Å². The fraction of sp³-hybridized carbons (Fsp3) is 0.800. The number of nitrogens with one attached hydrogen (secondary N) is 2. The van der Waals surface area contributed by atoms with Crippen LogP contribution in [-0.2, 0) is 17.4 Å². The van der Waals surface area contributed by atoms with Gasteiger partial charge in [0.25, 0.3) is 0 Å². The van der Waals surface area contributed by atoms with Crippen molar-refractivity contribution < 1.29 is 37.0 Å². The number of nitrogens with zero attached hydrogens (tertiary/aromatic N) is 2. The van der Waals surface area contributed by atoms with Gasteiger partial charge in [0.1, 0.15) is 0 Å². The molecule has 0 aromatic carbocycles. The average molecular weight is 421 g/mol. The summed E-state index contributed by atoms with van der Waals surface area (Å²) < 4.78 is 2.42. The van der Waals surface area contributed by atoms with Gasteiger partial charge in [-0.1, -0.05) is 73.5 Å². The molecular weight excluding hydrogens is 380 g/mol. The number of allylic oxidation sites excluding steroid dienone is 2. The van der Waals surface area contributed by atoms with E-state index in [1.807, 2.05) is 83.1 Å².